The fraction of sp³-hybridized carbons (Fsp3) is 0.571. The van der Waals surface area contributed by atoms with Crippen LogP contribution in [0.3, 0.4) is 0 Å². The van der Waals surface area contributed by atoms with E-state index in [9.17, 15) is 0 Å². The van der Waals surface area contributed by atoms with E-state index >= 15 is 0 Å². The summed E-state index contributed by atoms with van der Waals surface area (Å²) in [6.07, 6.45) is 0.971. The van der Waals surface area contributed by atoms with Crippen LogP contribution >= 0.6 is 0 Å². The highest BCUT2D eigenvalue weighted by molar-refractivity contribution is 5.61. The Hall–Kier alpha value is -1.02. The molecule has 2 nitrogen and oxygen atoms in total. The zero-order valence-electron chi connectivity index (χ0n) is 10.5. The highest BCUT2D eigenvalue weighted by Gasteiger charge is 2.24. The number of hydrogen-bond donors (Lipinski definition) is 1. The molecule has 1 aromatic rings. The molecule has 1 aliphatic rings. The maximum absolute atomic E-state index is 5.85. The Labute approximate surface area is 98.4 Å². The maximum Gasteiger partial charge on any atom is 0.0405 e. The third-order valence-corrected chi connectivity index (χ3v) is 3.40. The Kier molecular flexibility index (Phi) is 3.20. The van der Waals surface area contributed by atoms with Crippen molar-refractivity contribution in [3.63, 3.8) is 0 Å². The van der Waals surface area contributed by atoms with Gasteiger partial charge in [0.2, 0.25) is 0 Å². The van der Waals surface area contributed by atoms with Crippen LogP contribution in [0.25, 0.3) is 0 Å². The largest absolute Gasteiger partial charge is 0.371 e. The molecule has 1 aliphatic heterocycles. The van der Waals surface area contributed by atoms with Crippen LogP contribution in [0.1, 0.15) is 37.8 Å². The van der Waals surface area contributed by atoms with Gasteiger partial charge in [0.05, 0.1) is 0 Å². The van der Waals surface area contributed by atoms with Gasteiger partial charge in [-0.2, -0.15) is 0 Å². The van der Waals surface area contributed by atoms with E-state index in [0.717, 1.165) is 19.5 Å². The third kappa shape index (κ3) is 2.07. The number of nitrogens with zero attached hydrogens (tertiary/aromatic N) is 1. The van der Waals surface area contributed by atoms with Gasteiger partial charge in [-0.1, -0.05) is 19.1 Å². The summed E-state index contributed by atoms with van der Waals surface area (Å²) in [5.41, 5.74) is 10.1. The summed E-state index contributed by atoms with van der Waals surface area (Å²) in [6, 6.07) is 7.09. The number of likely N-dealkylation sites (N-methyl/N-ethyl adjacent to an activating group) is 1. The first-order valence-corrected chi connectivity index (χ1v) is 6.25. The van der Waals surface area contributed by atoms with E-state index in [4.69, 9.17) is 5.73 Å². The second-order valence-corrected chi connectivity index (χ2v) is 5.01. The van der Waals surface area contributed by atoms with Crippen LogP contribution in [0.4, 0.5) is 5.69 Å². The van der Waals surface area contributed by atoms with Crippen molar-refractivity contribution in [2.75, 3.05) is 18.0 Å². The normalized spacial score (nSPS) is 21.0. The third-order valence-electron chi connectivity index (χ3n) is 3.40. The van der Waals surface area contributed by atoms with Gasteiger partial charge in [0.25, 0.3) is 0 Å². The lowest BCUT2D eigenvalue weighted by Gasteiger charge is -2.17. The number of anilines is 1. The van der Waals surface area contributed by atoms with Crippen molar-refractivity contribution >= 4 is 5.69 Å². The molecule has 16 heavy (non-hydrogen) atoms. The van der Waals surface area contributed by atoms with E-state index in [2.05, 4.69) is 43.9 Å². The zero-order chi connectivity index (χ0) is 11.7. The number of fused-ring (bicyclic) bond motifs is 1. The molecule has 0 saturated heterocycles. The van der Waals surface area contributed by atoms with Crippen LogP contribution in [0.5, 0.6) is 0 Å². The Morgan fingerprint density at radius 1 is 1.50 bits per heavy atom. The molecular weight excluding hydrogens is 196 g/mol. The average molecular weight is 218 g/mol. The fourth-order valence-corrected chi connectivity index (χ4v) is 2.61. The highest BCUT2D eigenvalue weighted by atomic mass is 15.1. The quantitative estimate of drug-likeness (QED) is 0.844. The van der Waals surface area contributed by atoms with Crippen LogP contribution < -0.4 is 10.6 Å². The molecule has 2 atom stereocenters. The van der Waals surface area contributed by atoms with Crippen LogP contribution in [0.15, 0.2) is 18.2 Å². The van der Waals surface area contributed by atoms with E-state index in [1.165, 1.54) is 16.8 Å². The lowest BCUT2D eigenvalue weighted by molar-refractivity contribution is 0.738. The Morgan fingerprint density at radius 3 is 2.88 bits per heavy atom. The maximum atomic E-state index is 5.85. The molecule has 0 bridgehead atoms. The molecule has 1 heterocycles. The lowest BCUT2D eigenvalue weighted by Crippen LogP contribution is -2.21. The molecule has 2 unspecified atom stereocenters. The van der Waals surface area contributed by atoms with Crippen molar-refractivity contribution in [2.24, 2.45) is 5.73 Å². The minimum atomic E-state index is 0.243. The first kappa shape index (κ1) is 11.5. The van der Waals surface area contributed by atoms with Gasteiger partial charge in [-0.25, -0.2) is 0 Å². The molecule has 0 amide bonds. The molecule has 0 aliphatic carbocycles. The second-order valence-electron chi connectivity index (χ2n) is 5.01. The molecule has 0 radical (unpaired) electrons. The molecule has 0 spiro atoms. The van der Waals surface area contributed by atoms with E-state index in [1.54, 1.807) is 0 Å². The predicted octanol–water partition coefficient (Wildman–Crippen LogP) is 2.52. The van der Waals surface area contributed by atoms with Gasteiger partial charge in [-0.15, -0.1) is 0 Å². The van der Waals surface area contributed by atoms with Gasteiger partial charge in [0.15, 0.2) is 0 Å². The van der Waals surface area contributed by atoms with Crippen molar-refractivity contribution in [1.82, 2.24) is 0 Å². The Morgan fingerprint density at radius 2 is 2.25 bits per heavy atom. The zero-order valence-corrected chi connectivity index (χ0v) is 10.5. The van der Waals surface area contributed by atoms with Crippen molar-refractivity contribution in [3.8, 4) is 0 Å². The van der Waals surface area contributed by atoms with Crippen LogP contribution in [-0.4, -0.2) is 19.1 Å². The number of nitrogens with two attached hydrogens (primary N) is 1. The summed E-state index contributed by atoms with van der Waals surface area (Å²) in [4.78, 5) is 2.46. The number of hydrogen-bond acceptors (Lipinski definition) is 2. The minimum absolute atomic E-state index is 0.243. The topological polar surface area (TPSA) is 29.3 Å². The molecule has 88 valence electrons. The fourth-order valence-electron chi connectivity index (χ4n) is 2.61. The van der Waals surface area contributed by atoms with Gasteiger partial charge in [0.1, 0.15) is 0 Å². The predicted molar refractivity (Wildman–Crippen MR) is 70.1 cm³/mol. The van der Waals surface area contributed by atoms with Crippen molar-refractivity contribution < 1.29 is 0 Å². The van der Waals surface area contributed by atoms with Crippen molar-refractivity contribution in [1.29, 1.82) is 0 Å². The van der Waals surface area contributed by atoms with Crippen molar-refractivity contribution in [3.05, 3.63) is 29.3 Å². The first-order chi connectivity index (χ1) is 7.61. The summed E-state index contributed by atoms with van der Waals surface area (Å²) in [5, 5.41) is 0. The lowest BCUT2D eigenvalue weighted by atomic mass is 9.99. The van der Waals surface area contributed by atoms with Gasteiger partial charge in [-0.05, 0) is 37.5 Å². The average Bonchev–Trinajstić information content (AvgIpc) is 2.54. The molecule has 0 aromatic heterocycles. The Bertz CT molecular complexity index is 371. The molecule has 2 heteroatoms. The van der Waals surface area contributed by atoms with Crippen molar-refractivity contribution in [2.45, 2.75) is 39.2 Å². The van der Waals surface area contributed by atoms with Crippen LogP contribution in [0.2, 0.25) is 0 Å². The number of benzene rings is 1. The van der Waals surface area contributed by atoms with Gasteiger partial charge < -0.3 is 10.6 Å². The van der Waals surface area contributed by atoms with Crippen LogP contribution in [0, 0.1) is 0 Å². The smallest absolute Gasteiger partial charge is 0.0405 e. The van der Waals surface area contributed by atoms with E-state index in [-0.39, 0.29) is 6.04 Å². The monoisotopic (exact) mass is 218 g/mol. The summed E-state index contributed by atoms with van der Waals surface area (Å²) < 4.78 is 0. The van der Waals surface area contributed by atoms with Gasteiger partial charge >= 0.3 is 0 Å². The van der Waals surface area contributed by atoms with Crippen LogP contribution in [-0.2, 0) is 6.42 Å². The summed E-state index contributed by atoms with van der Waals surface area (Å²) >= 11 is 0. The molecule has 0 fully saturated rings. The first-order valence-electron chi connectivity index (χ1n) is 6.25. The van der Waals surface area contributed by atoms with E-state index < -0.39 is 0 Å². The summed E-state index contributed by atoms with van der Waals surface area (Å²) in [5.74, 6) is 0.666. The highest BCUT2D eigenvalue weighted by Crippen LogP contribution is 2.36. The Balaban J connectivity index is 2.30. The molecule has 2 rings (SSSR count). The van der Waals surface area contributed by atoms with E-state index in [1.807, 2.05) is 0 Å². The molecule has 1 aromatic carbocycles. The second kappa shape index (κ2) is 4.46. The van der Waals surface area contributed by atoms with Gasteiger partial charge in [0, 0.05) is 30.7 Å². The van der Waals surface area contributed by atoms with E-state index in [0.29, 0.717) is 5.92 Å². The SMILES string of the molecule is CCN1CC(C)c2ccc(CC(C)N)cc21. The molecule has 0 saturated carbocycles. The standard InChI is InChI=1S/C14H22N2/c1-4-16-9-10(2)13-6-5-12(7-11(3)15)8-14(13)16/h5-6,8,10-11H,4,7,9,15H2,1-3H3. The summed E-state index contributed by atoms with van der Waals surface area (Å²) in [7, 11) is 0. The minimum Gasteiger partial charge on any atom is -0.371 e. The molecular formula is C14H22N2. The van der Waals surface area contributed by atoms with Gasteiger partial charge in [-0.3, -0.25) is 0 Å². The molecule has 2 N–H and O–H groups in total. The number of rotatable bonds is 3. The summed E-state index contributed by atoms with van der Waals surface area (Å²) in [6.45, 7) is 8.85.